The van der Waals surface area contributed by atoms with E-state index >= 15 is 0 Å². The molecule has 0 saturated carbocycles. The smallest absolute Gasteiger partial charge is 0.256 e. The molecule has 0 spiro atoms. The Morgan fingerprint density at radius 1 is 1.50 bits per heavy atom. The lowest BCUT2D eigenvalue weighted by atomic mass is 10.2. The molecule has 4 nitrogen and oxygen atoms in total. The molecule has 0 radical (unpaired) electrons. The van der Waals surface area contributed by atoms with Crippen molar-refractivity contribution in [2.75, 3.05) is 6.54 Å². The van der Waals surface area contributed by atoms with Crippen LogP contribution < -0.4 is 10.7 Å². The second-order valence-corrected chi connectivity index (χ2v) is 4.81. The first-order valence-corrected chi connectivity index (χ1v) is 6.59. The zero-order chi connectivity index (χ0) is 13.0. The number of rotatable bonds is 4. The molecule has 0 fully saturated rings. The standard InChI is InChI=1S/C13H14N2O2S/c1-9-6-12(16)11(7-15-9)13(17)14-4-2-10-3-5-18-8-10/h3,5-8H,2,4H2,1H3,(H,14,17)(H,15,16). The fourth-order valence-corrected chi connectivity index (χ4v) is 2.30. The molecule has 94 valence electrons. The molecule has 0 atom stereocenters. The number of hydrogen-bond acceptors (Lipinski definition) is 3. The first-order chi connectivity index (χ1) is 8.66. The number of hydrogen-bond donors (Lipinski definition) is 2. The summed E-state index contributed by atoms with van der Waals surface area (Å²) in [5.41, 5.74) is 1.85. The molecule has 2 rings (SSSR count). The van der Waals surface area contributed by atoms with Crippen LogP contribution in [-0.2, 0) is 6.42 Å². The predicted molar refractivity (Wildman–Crippen MR) is 72.2 cm³/mol. The highest BCUT2D eigenvalue weighted by molar-refractivity contribution is 7.07. The van der Waals surface area contributed by atoms with E-state index in [9.17, 15) is 9.59 Å². The predicted octanol–water partition coefficient (Wildman–Crippen LogP) is 1.72. The van der Waals surface area contributed by atoms with Crippen LogP contribution in [0.5, 0.6) is 0 Å². The first kappa shape index (κ1) is 12.6. The molecule has 0 aliphatic heterocycles. The van der Waals surface area contributed by atoms with Gasteiger partial charge in [-0.15, -0.1) is 0 Å². The van der Waals surface area contributed by atoms with Gasteiger partial charge in [0.15, 0.2) is 5.43 Å². The van der Waals surface area contributed by atoms with Crippen LogP contribution in [0.1, 0.15) is 21.6 Å². The maximum Gasteiger partial charge on any atom is 0.256 e. The Kier molecular flexibility index (Phi) is 3.94. The van der Waals surface area contributed by atoms with E-state index in [1.807, 2.05) is 16.8 Å². The van der Waals surface area contributed by atoms with Gasteiger partial charge in [0, 0.05) is 24.5 Å². The number of amides is 1. The Morgan fingerprint density at radius 3 is 3.00 bits per heavy atom. The number of aromatic nitrogens is 1. The molecular weight excluding hydrogens is 248 g/mol. The lowest BCUT2D eigenvalue weighted by Crippen LogP contribution is -2.30. The van der Waals surface area contributed by atoms with Gasteiger partial charge >= 0.3 is 0 Å². The van der Waals surface area contributed by atoms with Gasteiger partial charge in [0.1, 0.15) is 5.56 Å². The number of carbonyl (C=O) groups is 1. The van der Waals surface area contributed by atoms with Gasteiger partial charge in [-0.25, -0.2) is 0 Å². The molecule has 5 heteroatoms. The Morgan fingerprint density at radius 2 is 2.33 bits per heavy atom. The average Bonchev–Trinajstić information content (AvgIpc) is 2.81. The van der Waals surface area contributed by atoms with Gasteiger partial charge < -0.3 is 10.3 Å². The number of H-pyrrole nitrogens is 1. The van der Waals surface area contributed by atoms with Crippen LogP contribution in [0, 0.1) is 6.92 Å². The molecule has 2 N–H and O–H groups in total. The van der Waals surface area contributed by atoms with E-state index < -0.39 is 0 Å². The van der Waals surface area contributed by atoms with Gasteiger partial charge in [-0.2, -0.15) is 11.3 Å². The van der Waals surface area contributed by atoms with Crippen molar-refractivity contribution in [1.82, 2.24) is 10.3 Å². The molecular formula is C13H14N2O2S. The summed E-state index contributed by atoms with van der Waals surface area (Å²) in [5.74, 6) is -0.327. The van der Waals surface area contributed by atoms with Crippen molar-refractivity contribution in [3.8, 4) is 0 Å². The minimum absolute atomic E-state index is 0.158. The number of carbonyl (C=O) groups excluding carboxylic acids is 1. The number of aryl methyl sites for hydroxylation is 1. The minimum atomic E-state index is -0.327. The number of aromatic amines is 1. The van der Waals surface area contributed by atoms with Crippen LogP contribution in [0.3, 0.4) is 0 Å². The van der Waals surface area contributed by atoms with Gasteiger partial charge in [-0.1, -0.05) is 0 Å². The monoisotopic (exact) mass is 262 g/mol. The molecule has 0 bridgehead atoms. The molecule has 0 aromatic carbocycles. The fraction of sp³-hybridized carbons (Fsp3) is 0.231. The van der Waals surface area contributed by atoms with Crippen molar-refractivity contribution in [3.05, 3.63) is 56.1 Å². The van der Waals surface area contributed by atoms with E-state index in [0.717, 1.165) is 12.1 Å². The highest BCUT2D eigenvalue weighted by Gasteiger charge is 2.09. The summed E-state index contributed by atoms with van der Waals surface area (Å²) in [7, 11) is 0. The van der Waals surface area contributed by atoms with E-state index in [2.05, 4.69) is 10.3 Å². The maximum atomic E-state index is 11.8. The van der Waals surface area contributed by atoms with E-state index in [1.165, 1.54) is 17.8 Å². The van der Waals surface area contributed by atoms with Crippen molar-refractivity contribution >= 4 is 17.2 Å². The first-order valence-electron chi connectivity index (χ1n) is 5.65. The van der Waals surface area contributed by atoms with Gasteiger partial charge in [0.2, 0.25) is 0 Å². The van der Waals surface area contributed by atoms with Crippen LogP contribution in [0.15, 0.2) is 33.9 Å². The second kappa shape index (κ2) is 5.64. The number of nitrogens with one attached hydrogen (secondary N) is 2. The van der Waals surface area contributed by atoms with E-state index in [1.54, 1.807) is 18.3 Å². The zero-order valence-corrected chi connectivity index (χ0v) is 10.8. The summed E-state index contributed by atoms with van der Waals surface area (Å²) in [4.78, 5) is 26.2. The van der Waals surface area contributed by atoms with Crippen molar-refractivity contribution in [3.63, 3.8) is 0 Å². The number of pyridine rings is 1. The van der Waals surface area contributed by atoms with E-state index in [-0.39, 0.29) is 16.9 Å². The summed E-state index contributed by atoms with van der Waals surface area (Å²) >= 11 is 1.63. The third-order valence-electron chi connectivity index (χ3n) is 2.58. The van der Waals surface area contributed by atoms with Gasteiger partial charge in [-0.3, -0.25) is 9.59 Å². The Labute approximate surface area is 109 Å². The van der Waals surface area contributed by atoms with E-state index in [4.69, 9.17) is 0 Å². The molecule has 0 aliphatic rings. The topological polar surface area (TPSA) is 62.0 Å². The Bertz CT molecular complexity index is 587. The summed E-state index contributed by atoms with van der Waals surface area (Å²) in [6.07, 6.45) is 2.23. The second-order valence-electron chi connectivity index (χ2n) is 4.03. The fourth-order valence-electron chi connectivity index (χ4n) is 1.60. The summed E-state index contributed by atoms with van der Waals surface area (Å²) in [5, 5.41) is 6.79. The van der Waals surface area contributed by atoms with Crippen molar-refractivity contribution in [2.45, 2.75) is 13.3 Å². The summed E-state index contributed by atoms with van der Waals surface area (Å²) in [6, 6.07) is 3.45. The third kappa shape index (κ3) is 3.07. The quantitative estimate of drug-likeness (QED) is 0.881. The lowest BCUT2D eigenvalue weighted by molar-refractivity contribution is 0.0952. The molecule has 1 amide bonds. The van der Waals surface area contributed by atoms with Crippen LogP contribution >= 0.6 is 11.3 Å². The Balaban J connectivity index is 1.93. The van der Waals surface area contributed by atoms with Crippen molar-refractivity contribution in [2.24, 2.45) is 0 Å². The van der Waals surface area contributed by atoms with Gasteiger partial charge in [0.05, 0.1) is 0 Å². The van der Waals surface area contributed by atoms with Crippen LogP contribution in [0.4, 0.5) is 0 Å². The highest BCUT2D eigenvalue weighted by Crippen LogP contribution is 2.05. The SMILES string of the molecule is Cc1cc(=O)c(C(=O)NCCc2ccsc2)c[nH]1. The van der Waals surface area contributed by atoms with Gasteiger partial charge in [0.25, 0.3) is 5.91 Å². The molecule has 2 aromatic rings. The summed E-state index contributed by atoms with van der Waals surface area (Å²) in [6.45, 7) is 2.31. The third-order valence-corrected chi connectivity index (χ3v) is 3.31. The van der Waals surface area contributed by atoms with Crippen LogP contribution in [0.2, 0.25) is 0 Å². The molecule has 18 heavy (non-hydrogen) atoms. The average molecular weight is 262 g/mol. The van der Waals surface area contributed by atoms with Gasteiger partial charge in [-0.05, 0) is 35.7 Å². The normalized spacial score (nSPS) is 10.3. The van der Waals surface area contributed by atoms with Crippen LogP contribution in [0.25, 0.3) is 0 Å². The zero-order valence-electron chi connectivity index (χ0n) is 10.0. The van der Waals surface area contributed by atoms with Crippen molar-refractivity contribution < 1.29 is 4.79 Å². The minimum Gasteiger partial charge on any atom is -0.364 e. The van der Waals surface area contributed by atoms with Crippen LogP contribution in [-0.4, -0.2) is 17.4 Å². The lowest BCUT2D eigenvalue weighted by Gasteiger charge is -2.04. The number of thiophene rings is 1. The molecule has 0 saturated heterocycles. The highest BCUT2D eigenvalue weighted by atomic mass is 32.1. The molecule has 2 aromatic heterocycles. The van der Waals surface area contributed by atoms with E-state index in [0.29, 0.717) is 6.54 Å². The van der Waals surface area contributed by atoms with Crippen molar-refractivity contribution in [1.29, 1.82) is 0 Å². The Hall–Kier alpha value is -1.88. The molecule has 2 heterocycles. The molecule has 0 aliphatic carbocycles. The largest absolute Gasteiger partial charge is 0.364 e. The molecule has 0 unspecified atom stereocenters. The summed E-state index contributed by atoms with van der Waals surface area (Å²) < 4.78 is 0. The maximum absolute atomic E-state index is 11.8.